The SMILES string of the molecule is Cc1occc1C(=O)Nc1nc2ccc(Cl)cc2s1. The molecular formula is C13H9ClN2O2S. The van der Waals surface area contributed by atoms with Crippen molar-refractivity contribution in [2.75, 3.05) is 5.32 Å². The second-order valence-electron chi connectivity index (χ2n) is 3.98. The maximum absolute atomic E-state index is 12.0. The third-order valence-corrected chi connectivity index (χ3v) is 3.84. The third kappa shape index (κ3) is 2.34. The van der Waals surface area contributed by atoms with Crippen LogP contribution in [-0.2, 0) is 0 Å². The molecule has 6 heteroatoms. The molecule has 3 rings (SSSR count). The highest BCUT2D eigenvalue weighted by Gasteiger charge is 2.13. The summed E-state index contributed by atoms with van der Waals surface area (Å²) in [4.78, 5) is 16.3. The van der Waals surface area contributed by atoms with Gasteiger partial charge in [-0.25, -0.2) is 4.98 Å². The molecule has 0 spiro atoms. The van der Waals surface area contributed by atoms with E-state index in [1.807, 2.05) is 12.1 Å². The van der Waals surface area contributed by atoms with Crippen LogP contribution >= 0.6 is 22.9 Å². The van der Waals surface area contributed by atoms with Gasteiger partial charge < -0.3 is 4.42 Å². The first-order valence-corrected chi connectivity index (χ1v) is 6.74. The predicted octanol–water partition coefficient (Wildman–Crippen LogP) is 4.10. The molecule has 0 fully saturated rings. The van der Waals surface area contributed by atoms with Gasteiger partial charge in [-0.1, -0.05) is 22.9 Å². The molecular weight excluding hydrogens is 284 g/mol. The molecule has 2 aromatic heterocycles. The van der Waals surface area contributed by atoms with Gasteiger partial charge in [-0.05, 0) is 31.2 Å². The minimum atomic E-state index is -0.226. The van der Waals surface area contributed by atoms with Crippen molar-refractivity contribution in [3.8, 4) is 0 Å². The minimum absolute atomic E-state index is 0.226. The van der Waals surface area contributed by atoms with Crippen molar-refractivity contribution in [1.82, 2.24) is 4.98 Å². The lowest BCUT2D eigenvalue weighted by Gasteiger charge is -1.98. The van der Waals surface area contributed by atoms with Crippen LogP contribution < -0.4 is 5.32 Å². The Hall–Kier alpha value is -1.85. The van der Waals surface area contributed by atoms with E-state index < -0.39 is 0 Å². The maximum atomic E-state index is 12.0. The first-order chi connectivity index (χ1) is 9.13. The number of carbonyl (C=O) groups is 1. The molecule has 1 amide bonds. The molecule has 0 saturated heterocycles. The van der Waals surface area contributed by atoms with Crippen LogP contribution in [0.25, 0.3) is 10.2 Å². The van der Waals surface area contributed by atoms with E-state index in [2.05, 4.69) is 10.3 Å². The Bertz CT molecular complexity index is 763. The van der Waals surface area contributed by atoms with Crippen LogP contribution in [0, 0.1) is 6.92 Å². The lowest BCUT2D eigenvalue weighted by molar-refractivity contribution is 0.102. The summed E-state index contributed by atoms with van der Waals surface area (Å²) in [6.07, 6.45) is 1.49. The maximum Gasteiger partial charge on any atom is 0.260 e. The number of thiazole rings is 1. The van der Waals surface area contributed by atoms with E-state index in [1.165, 1.54) is 17.6 Å². The van der Waals surface area contributed by atoms with Gasteiger partial charge >= 0.3 is 0 Å². The van der Waals surface area contributed by atoms with Crippen molar-refractivity contribution < 1.29 is 9.21 Å². The normalized spacial score (nSPS) is 10.8. The number of fused-ring (bicyclic) bond motifs is 1. The van der Waals surface area contributed by atoms with Crippen LogP contribution in [0.15, 0.2) is 34.9 Å². The Balaban J connectivity index is 1.89. The Kier molecular flexibility index (Phi) is 3.00. The lowest BCUT2D eigenvalue weighted by Crippen LogP contribution is -2.11. The minimum Gasteiger partial charge on any atom is -0.469 e. The Labute approximate surface area is 118 Å². The highest BCUT2D eigenvalue weighted by Crippen LogP contribution is 2.28. The second kappa shape index (κ2) is 4.68. The standard InChI is InChI=1S/C13H9ClN2O2S/c1-7-9(4-5-18-7)12(17)16-13-15-10-3-2-8(14)6-11(10)19-13/h2-6H,1H3,(H,15,16,17). The number of benzene rings is 1. The summed E-state index contributed by atoms with van der Waals surface area (Å²) in [5.74, 6) is 0.359. The van der Waals surface area contributed by atoms with Crippen LogP contribution in [0.2, 0.25) is 5.02 Å². The summed E-state index contributed by atoms with van der Waals surface area (Å²) < 4.78 is 6.04. The second-order valence-corrected chi connectivity index (χ2v) is 5.44. The summed E-state index contributed by atoms with van der Waals surface area (Å²) >= 11 is 7.30. The summed E-state index contributed by atoms with van der Waals surface area (Å²) in [6.45, 7) is 1.74. The van der Waals surface area contributed by atoms with E-state index in [0.29, 0.717) is 21.5 Å². The van der Waals surface area contributed by atoms with Gasteiger partial charge in [0.25, 0.3) is 5.91 Å². The third-order valence-electron chi connectivity index (χ3n) is 2.67. The number of carbonyl (C=O) groups excluding carboxylic acids is 1. The van der Waals surface area contributed by atoms with E-state index in [-0.39, 0.29) is 5.91 Å². The number of rotatable bonds is 2. The van der Waals surface area contributed by atoms with Crippen LogP contribution in [-0.4, -0.2) is 10.9 Å². The molecule has 4 nitrogen and oxygen atoms in total. The van der Waals surface area contributed by atoms with Gasteiger partial charge in [-0.2, -0.15) is 0 Å². The number of hydrogen-bond donors (Lipinski definition) is 1. The summed E-state index contributed by atoms with van der Waals surface area (Å²) in [5, 5.41) is 3.96. The monoisotopic (exact) mass is 292 g/mol. The molecule has 0 aliphatic rings. The Morgan fingerprint density at radius 1 is 1.42 bits per heavy atom. The fourth-order valence-electron chi connectivity index (χ4n) is 1.74. The van der Waals surface area contributed by atoms with E-state index in [1.54, 1.807) is 19.1 Å². The number of amides is 1. The van der Waals surface area contributed by atoms with Gasteiger partial charge in [0.15, 0.2) is 5.13 Å². The molecule has 3 aromatic rings. The molecule has 0 aliphatic heterocycles. The van der Waals surface area contributed by atoms with Crippen LogP contribution in [0.4, 0.5) is 5.13 Å². The van der Waals surface area contributed by atoms with Crippen molar-refractivity contribution in [3.05, 3.63) is 46.9 Å². The fraction of sp³-hybridized carbons (Fsp3) is 0.0769. The molecule has 2 heterocycles. The van der Waals surface area contributed by atoms with Gasteiger partial charge in [-0.3, -0.25) is 10.1 Å². The van der Waals surface area contributed by atoms with Gasteiger partial charge in [0, 0.05) is 5.02 Å². The smallest absolute Gasteiger partial charge is 0.260 e. The molecule has 0 unspecified atom stereocenters. The number of anilines is 1. The summed E-state index contributed by atoms with van der Waals surface area (Å²) in [6, 6.07) is 7.06. The first-order valence-electron chi connectivity index (χ1n) is 5.55. The molecule has 1 aromatic carbocycles. The number of aryl methyl sites for hydroxylation is 1. The van der Waals surface area contributed by atoms with Crippen LogP contribution in [0.5, 0.6) is 0 Å². The topological polar surface area (TPSA) is 55.1 Å². The van der Waals surface area contributed by atoms with E-state index in [9.17, 15) is 4.79 Å². The molecule has 0 atom stereocenters. The molecule has 0 radical (unpaired) electrons. The fourth-order valence-corrected chi connectivity index (χ4v) is 2.87. The Morgan fingerprint density at radius 3 is 3.00 bits per heavy atom. The largest absolute Gasteiger partial charge is 0.469 e. The molecule has 0 aliphatic carbocycles. The van der Waals surface area contributed by atoms with Crippen molar-refractivity contribution >= 4 is 44.2 Å². The van der Waals surface area contributed by atoms with Crippen molar-refractivity contribution in [1.29, 1.82) is 0 Å². The van der Waals surface area contributed by atoms with Crippen molar-refractivity contribution in [3.63, 3.8) is 0 Å². The quantitative estimate of drug-likeness (QED) is 0.773. The number of nitrogens with zero attached hydrogens (tertiary/aromatic N) is 1. The average molecular weight is 293 g/mol. The zero-order valence-corrected chi connectivity index (χ0v) is 11.5. The zero-order valence-electron chi connectivity index (χ0n) is 9.94. The molecule has 0 saturated carbocycles. The lowest BCUT2D eigenvalue weighted by atomic mass is 10.2. The van der Waals surface area contributed by atoms with E-state index >= 15 is 0 Å². The van der Waals surface area contributed by atoms with Crippen molar-refractivity contribution in [2.45, 2.75) is 6.92 Å². The van der Waals surface area contributed by atoms with Crippen LogP contribution in [0.1, 0.15) is 16.1 Å². The molecule has 0 bridgehead atoms. The zero-order chi connectivity index (χ0) is 13.4. The number of hydrogen-bond acceptors (Lipinski definition) is 4. The number of furan rings is 1. The van der Waals surface area contributed by atoms with Gasteiger partial charge in [0.1, 0.15) is 5.76 Å². The van der Waals surface area contributed by atoms with E-state index in [4.69, 9.17) is 16.0 Å². The number of nitrogens with one attached hydrogen (secondary N) is 1. The summed E-state index contributed by atoms with van der Waals surface area (Å²) in [7, 11) is 0. The van der Waals surface area contributed by atoms with Crippen LogP contribution in [0.3, 0.4) is 0 Å². The predicted molar refractivity (Wildman–Crippen MR) is 76.0 cm³/mol. The highest BCUT2D eigenvalue weighted by molar-refractivity contribution is 7.22. The van der Waals surface area contributed by atoms with Gasteiger partial charge in [-0.15, -0.1) is 0 Å². The highest BCUT2D eigenvalue weighted by atomic mass is 35.5. The molecule has 96 valence electrons. The molecule has 19 heavy (non-hydrogen) atoms. The summed E-state index contributed by atoms with van der Waals surface area (Å²) in [5.41, 5.74) is 1.32. The van der Waals surface area contributed by atoms with Gasteiger partial charge in [0.2, 0.25) is 0 Å². The van der Waals surface area contributed by atoms with E-state index in [0.717, 1.165) is 10.2 Å². The molecule has 1 N–H and O–H groups in total. The number of halogens is 1. The number of aromatic nitrogens is 1. The average Bonchev–Trinajstić information content (AvgIpc) is 2.94. The first kappa shape index (κ1) is 12.2. The van der Waals surface area contributed by atoms with Gasteiger partial charge in [0.05, 0.1) is 22.0 Å². The van der Waals surface area contributed by atoms with Crippen molar-refractivity contribution in [2.24, 2.45) is 0 Å². The Morgan fingerprint density at radius 2 is 2.26 bits per heavy atom.